The Morgan fingerprint density at radius 3 is 2.96 bits per heavy atom. The molecule has 0 aliphatic carbocycles. The van der Waals surface area contributed by atoms with Crippen molar-refractivity contribution in [3.05, 3.63) is 61.4 Å². The van der Waals surface area contributed by atoms with Gasteiger partial charge in [-0.1, -0.05) is 17.4 Å². The number of hydrogen-bond acceptors (Lipinski definition) is 6. The molecule has 0 amide bonds. The zero-order valence-electron chi connectivity index (χ0n) is 14.5. The van der Waals surface area contributed by atoms with Gasteiger partial charge < -0.3 is 4.57 Å². The average molecular weight is 369 g/mol. The Morgan fingerprint density at radius 1 is 1.19 bits per heavy atom. The first kappa shape index (κ1) is 15.9. The molecule has 0 aromatic carbocycles. The maximum Gasteiger partial charge on any atom is 0.275 e. The number of nitrogens with zero attached hydrogens (tertiary/aromatic N) is 5. The van der Waals surface area contributed by atoms with Crippen molar-refractivity contribution in [1.82, 2.24) is 24.1 Å². The summed E-state index contributed by atoms with van der Waals surface area (Å²) in [5.74, 6) is 0.837. The van der Waals surface area contributed by atoms with Gasteiger partial charge in [0.2, 0.25) is 4.96 Å². The quantitative estimate of drug-likeness (QED) is 0.680. The zero-order chi connectivity index (χ0) is 17.8. The van der Waals surface area contributed by atoms with Crippen molar-refractivity contribution in [3.8, 4) is 0 Å². The van der Waals surface area contributed by atoms with Gasteiger partial charge in [0.05, 0.1) is 5.69 Å². The van der Waals surface area contributed by atoms with Gasteiger partial charge in [-0.15, -0.1) is 0 Å². The van der Waals surface area contributed by atoms with Crippen molar-refractivity contribution < 1.29 is 0 Å². The Hall–Kier alpha value is -2.32. The molecule has 5 rings (SSSR count). The van der Waals surface area contributed by atoms with Crippen molar-refractivity contribution in [2.75, 3.05) is 13.1 Å². The fraction of sp³-hybridized carbons (Fsp3) is 0.444. The number of aromatic nitrogens is 4. The van der Waals surface area contributed by atoms with E-state index in [9.17, 15) is 9.59 Å². The summed E-state index contributed by atoms with van der Waals surface area (Å²) in [5.41, 5.74) is 1.92. The minimum Gasteiger partial charge on any atom is -0.312 e. The second-order valence-electron chi connectivity index (χ2n) is 7.29. The van der Waals surface area contributed by atoms with Gasteiger partial charge in [0.25, 0.3) is 11.1 Å². The van der Waals surface area contributed by atoms with E-state index in [1.165, 1.54) is 15.9 Å². The predicted octanol–water partition coefficient (Wildman–Crippen LogP) is 1.24. The van der Waals surface area contributed by atoms with Crippen LogP contribution in [0.5, 0.6) is 0 Å². The van der Waals surface area contributed by atoms with E-state index in [0.29, 0.717) is 23.3 Å². The van der Waals surface area contributed by atoms with Crippen LogP contribution in [-0.4, -0.2) is 37.2 Å². The summed E-state index contributed by atoms with van der Waals surface area (Å²) in [6.07, 6.45) is 1.13. The number of pyridine rings is 1. The van der Waals surface area contributed by atoms with E-state index in [4.69, 9.17) is 0 Å². The van der Waals surface area contributed by atoms with Gasteiger partial charge in [-0.2, -0.15) is 9.61 Å². The largest absolute Gasteiger partial charge is 0.312 e. The second-order valence-corrected chi connectivity index (χ2v) is 8.45. The molecule has 0 N–H and O–H groups in total. The Labute approximate surface area is 153 Å². The van der Waals surface area contributed by atoms with E-state index in [2.05, 4.69) is 21.0 Å². The Balaban J connectivity index is 1.43. The lowest BCUT2D eigenvalue weighted by molar-refractivity contribution is 0.113. The van der Waals surface area contributed by atoms with Crippen LogP contribution in [0.25, 0.3) is 4.96 Å². The normalized spacial score (nSPS) is 22.5. The molecule has 8 heteroatoms. The molecule has 2 bridgehead atoms. The molecule has 2 aliphatic rings. The van der Waals surface area contributed by atoms with Crippen molar-refractivity contribution in [3.63, 3.8) is 0 Å². The molecule has 2 aliphatic heterocycles. The predicted molar refractivity (Wildman–Crippen MR) is 98.7 cm³/mol. The highest BCUT2D eigenvalue weighted by Crippen LogP contribution is 2.35. The Kier molecular flexibility index (Phi) is 3.58. The zero-order valence-corrected chi connectivity index (χ0v) is 15.3. The molecule has 3 aromatic rings. The molecular formula is C18H19N5O2S. The minimum absolute atomic E-state index is 0.103. The third-order valence-electron chi connectivity index (χ3n) is 5.34. The molecule has 134 valence electrons. The topological polar surface area (TPSA) is 72.5 Å². The smallest absolute Gasteiger partial charge is 0.275 e. The molecule has 3 aromatic heterocycles. The van der Waals surface area contributed by atoms with E-state index in [-0.39, 0.29) is 11.1 Å². The molecule has 0 saturated carbocycles. The van der Waals surface area contributed by atoms with Gasteiger partial charge in [-0.3, -0.25) is 14.5 Å². The van der Waals surface area contributed by atoms with Crippen LogP contribution in [0.2, 0.25) is 0 Å². The number of likely N-dealkylation sites (tertiary alicyclic amines) is 1. The molecule has 0 spiro atoms. The Morgan fingerprint density at radius 2 is 2.08 bits per heavy atom. The van der Waals surface area contributed by atoms with Gasteiger partial charge in [0.15, 0.2) is 0 Å². The summed E-state index contributed by atoms with van der Waals surface area (Å²) in [4.78, 5) is 32.0. The van der Waals surface area contributed by atoms with Crippen LogP contribution in [0.3, 0.4) is 0 Å². The van der Waals surface area contributed by atoms with Gasteiger partial charge in [0.1, 0.15) is 5.01 Å². The number of piperidine rings is 1. The fourth-order valence-electron chi connectivity index (χ4n) is 4.39. The van der Waals surface area contributed by atoms with Crippen molar-refractivity contribution in [2.45, 2.75) is 32.4 Å². The van der Waals surface area contributed by atoms with E-state index in [1.54, 1.807) is 12.1 Å². The third kappa shape index (κ3) is 2.60. The van der Waals surface area contributed by atoms with Crippen LogP contribution >= 0.6 is 11.3 Å². The highest BCUT2D eigenvalue weighted by atomic mass is 32.1. The average Bonchev–Trinajstić information content (AvgIpc) is 2.97. The summed E-state index contributed by atoms with van der Waals surface area (Å²) < 4.78 is 3.31. The number of hydrogen-bond donors (Lipinski definition) is 0. The maximum atomic E-state index is 12.3. The first-order valence-electron chi connectivity index (χ1n) is 8.85. The van der Waals surface area contributed by atoms with Gasteiger partial charge in [0, 0.05) is 49.9 Å². The second kappa shape index (κ2) is 5.85. The molecule has 1 fully saturated rings. The lowest BCUT2D eigenvalue weighted by atomic mass is 9.83. The lowest BCUT2D eigenvalue weighted by Crippen LogP contribution is -2.46. The molecule has 1 saturated heterocycles. The van der Waals surface area contributed by atoms with E-state index < -0.39 is 0 Å². The SMILES string of the molecule is Cc1nn2c(=O)cc(CN3C[C@@H]4C[C@@H](C3)c3cccc(=O)n3C4)nc2s1. The van der Waals surface area contributed by atoms with Crippen LogP contribution in [0.1, 0.15) is 28.7 Å². The highest BCUT2D eigenvalue weighted by Gasteiger charge is 2.34. The minimum atomic E-state index is -0.122. The van der Waals surface area contributed by atoms with Crippen LogP contribution in [-0.2, 0) is 13.1 Å². The highest BCUT2D eigenvalue weighted by molar-refractivity contribution is 7.16. The van der Waals surface area contributed by atoms with Crippen LogP contribution in [0.15, 0.2) is 33.9 Å². The molecule has 26 heavy (non-hydrogen) atoms. The molecule has 5 heterocycles. The monoisotopic (exact) mass is 369 g/mol. The summed E-state index contributed by atoms with van der Waals surface area (Å²) >= 11 is 1.44. The summed E-state index contributed by atoms with van der Waals surface area (Å²) in [7, 11) is 0. The van der Waals surface area contributed by atoms with Crippen LogP contribution in [0, 0.1) is 12.8 Å². The summed E-state index contributed by atoms with van der Waals surface area (Å²) in [6, 6.07) is 7.17. The molecule has 0 unspecified atom stereocenters. The first-order valence-corrected chi connectivity index (χ1v) is 9.67. The Bertz CT molecular complexity index is 1110. The van der Waals surface area contributed by atoms with E-state index in [0.717, 1.165) is 42.5 Å². The lowest BCUT2D eigenvalue weighted by Gasteiger charge is -2.42. The number of rotatable bonds is 2. The molecular weight excluding hydrogens is 350 g/mol. The van der Waals surface area contributed by atoms with Crippen LogP contribution in [0.4, 0.5) is 0 Å². The third-order valence-corrected chi connectivity index (χ3v) is 6.16. The molecule has 7 nitrogen and oxygen atoms in total. The van der Waals surface area contributed by atoms with Gasteiger partial charge in [-0.05, 0) is 25.3 Å². The summed E-state index contributed by atoms with van der Waals surface area (Å²) in [6.45, 7) is 5.14. The van der Waals surface area contributed by atoms with Crippen molar-refractivity contribution in [2.24, 2.45) is 5.92 Å². The summed E-state index contributed by atoms with van der Waals surface area (Å²) in [5, 5.41) is 5.03. The van der Waals surface area contributed by atoms with E-state index in [1.807, 2.05) is 17.6 Å². The van der Waals surface area contributed by atoms with Crippen LogP contribution < -0.4 is 11.1 Å². The molecule has 2 atom stereocenters. The van der Waals surface area contributed by atoms with Crippen molar-refractivity contribution in [1.29, 1.82) is 0 Å². The maximum absolute atomic E-state index is 12.3. The fourth-order valence-corrected chi connectivity index (χ4v) is 5.15. The standard InChI is InChI=1S/C18H19N5O2S/c1-11-20-23-17(25)6-14(19-18(23)26-11)10-21-7-12-5-13(9-21)15-3-2-4-16(24)22(15)8-12/h2-4,6,12-13H,5,7-10H2,1H3/t12-,13-/m0/s1. The first-order chi connectivity index (χ1) is 12.6. The number of aryl methyl sites for hydroxylation is 1. The number of fused-ring (bicyclic) bond motifs is 5. The van der Waals surface area contributed by atoms with Gasteiger partial charge in [-0.25, -0.2) is 4.98 Å². The van der Waals surface area contributed by atoms with E-state index >= 15 is 0 Å². The van der Waals surface area contributed by atoms with Crippen molar-refractivity contribution >= 4 is 16.3 Å². The van der Waals surface area contributed by atoms with Gasteiger partial charge >= 0.3 is 0 Å². The molecule has 0 radical (unpaired) electrons.